The second-order valence-corrected chi connectivity index (χ2v) is 2.37. The number of nitrogens with two attached hydrogens (primary N) is 1. The molecular weight excluding hydrogens is 158 g/mol. The normalized spacial score (nSPS) is 9.50. The van der Waals surface area contributed by atoms with Crippen LogP contribution in [0.15, 0.2) is 18.2 Å². The van der Waals surface area contributed by atoms with Crippen molar-refractivity contribution in [3.63, 3.8) is 0 Å². The Bertz CT molecular complexity index is 312. The van der Waals surface area contributed by atoms with Crippen LogP contribution in [-0.4, -0.2) is 4.92 Å². The minimum atomic E-state index is -0.454. The third-order valence-corrected chi connectivity index (χ3v) is 1.58. The minimum Gasteiger partial charge on any atom is -0.318 e. The van der Waals surface area contributed by atoms with Gasteiger partial charge in [-0.3, -0.25) is 16.0 Å². The van der Waals surface area contributed by atoms with Gasteiger partial charge in [-0.15, -0.1) is 0 Å². The summed E-state index contributed by atoms with van der Waals surface area (Å²) in [7, 11) is 0. The molecular formula is C7H9N3O2. The first-order valence-corrected chi connectivity index (χ1v) is 3.37. The Kier molecular flexibility index (Phi) is 2.25. The fourth-order valence-electron chi connectivity index (χ4n) is 1.02. The quantitative estimate of drug-likeness (QED) is 0.394. The Morgan fingerprint density at radius 3 is 2.67 bits per heavy atom. The highest BCUT2D eigenvalue weighted by Gasteiger charge is 2.14. The van der Waals surface area contributed by atoms with Gasteiger partial charge in [0.15, 0.2) is 0 Å². The third kappa shape index (κ3) is 1.35. The number of hydrogen-bond donors (Lipinski definition) is 2. The molecule has 0 fully saturated rings. The molecule has 0 amide bonds. The predicted octanol–water partition coefficient (Wildman–Crippen LogP) is 1.19. The van der Waals surface area contributed by atoms with E-state index in [2.05, 4.69) is 5.43 Å². The van der Waals surface area contributed by atoms with E-state index in [-0.39, 0.29) is 5.69 Å². The largest absolute Gasteiger partial charge is 0.318 e. The molecule has 5 heteroatoms. The number of nitrogen functional groups attached to an aromatic ring is 1. The van der Waals surface area contributed by atoms with Crippen molar-refractivity contribution in [1.29, 1.82) is 0 Å². The van der Waals surface area contributed by atoms with E-state index in [9.17, 15) is 10.1 Å². The molecule has 1 aromatic carbocycles. The average molecular weight is 167 g/mol. The van der Waals surface area contributed by atoms with Gasteiger partial charge in [-0.2, -0.15) is 0 Å². The summed E-state index contributed by atoms with van der Waals surface area (Å²) in [6.07, 6.45) is 0. The van der Waals surface area contributed by atoms with E-state index in [0.717, 1.165) is 0 Å². The summed E-state index contributed by atoms with van der Waals surface area (Å²) in [6.45, 7) is 1.67. The summed E-state index contributed by atoms with van der Waals surface area (Å²) in [5, 5.41) is 10.5. The van der Waals surface area contributed by atoms with Crippen LogP contribution in [0.1, 0.15) is 5.56 Å². The van der Waals surface area contributed by atoms with E-state index in [1.54, 1.807) is 25.1 Å². The number of hydrogen-bond acceptors (Lipinski definition) is 4. The molecule has 0 unspecified atom stereocenters. The van der Waals surface area contributed by atoms with Gasteiger partial charge in [0.1, 0.15) is 5.69 Å². The molecule has 3 N–H and O–H groups in total. The molecule has 0 aliphatic carbocycles. The maximum absolute atomic E-state index is 10.5. The molecule has 0 aliphatic rings. The van der Waals surface area contributed by atoms with E-state index in [1.807, 2.05) is 0 Å². The Morgan fingerprint density at radius 2 is 2.25 bits per heavy atom. The highest BCUT2D eigenvalue weighted by atomic mass is 16.6. The molecule has 12 heavy (non-hydrogen) atoms. The van der Waals surface area contributed by atoms with Crippen LogP contribution in [-0.2, 0) is 0 Å². The van der Waals surface area contributed by atoms with Gasteiger partial charge in [-0.1, -0.05) is 12.1 Å². The van der Waals surface area contributed by atoms with E-state index in [4.69, 9.17) is 5.84 Å². The molecule has 0 saturated carbocycles. The summed E-state index contributed by atoms with van der Waals surface area (Å²) in [5.41, 5.74) is 3.23. The smallest absolute Gasteiger partial charge is 0.296 e. The Labute approximate surface area is 69.3 Å². The van der Waals surface area contributed by atoms with Crippen molar-refractivity contribution in [2.75, 3.05) is 5.43 Å². The molecule has 1 rings (SSSR count). The molecule has 0 saturated heterocycles. The van der Waals surface area contributed by atoms with Crippen LogP contribution >= 0.6 is 0 Å². The second kappa shape index (κ2) is 3.19. The molecule has 0 spiro atoms. The van der Waals surface area contributed by atoms with E-state index >= 15 is 0 Å². The minimum absolute atomic E-state index is 0.0278. The Hall–Kier alpha value is -1.62. The Morgan fingerprint density at radius 1 is 1.58 bits per heavy atom. The van der Waals surface area contributed by atoms with Crippen molar-refractivity contribution >= 4 is 11.4 Å². The maximum atomic E-state index is 10.5. The zero-order valence-corrected chi connectivity index (χ0v) is 6.57. The van der Waals surface area contributed by atoms with Gasteiger partial charge < -0.3 is 5.43 Å². The van der Waals surface area contributed by atoms with Crippen LogP contribution in [0.5, 0.6) is 0 Å². The van der Waals surface area contributed by atoms with Crippen molar-refractivity contribution in [2.24, 2.45) is 5.84 Å². The summed E-state index contributed by atoms with van der Waals surface area (Å²) >= 11 is 0. The first-order chi connectivity index (χ1) is 5.66. The molecule has 5 nitrogen and oxygen atoms in total. The summed E-state index contributed by atoms with van der Waals surface area (Å²) in [5.74, 6) is 5.10. The van der Waals surface area contributed by atoms with Crippen LogP contribution in [0.25, 0.3) is 0 Å². The molecule has 1 aromatic rings. The van der Waals surface area contributed by atoms with Gasteiger partial charge >= 0.3 is 0 Å². The van der Waals surface area contributed by atoms with Crippen molar-refractivity contribution in [2.45, 2.75) is 6.92 Å². The lowest BCUT2D eigenvalue weighted by atomic mass is 10.2. The number of hydrazine groups is 1. The molecule has 0 heterocycles. The number of nitro groups is 1. The summed E-state index contributed by atoms with van der Waals surface area (Å²) in [6, 6.07) is 4.93. The molecule has 0 aromatic heterocycles. The number of nitro benzene ring substituents is 1. The predicted molar refractivity (Wildman–Crippen MR) is 45.6 cm³/mol. The average Bonchev–Trinajstić information content (AvgIpc) is 2.03. The number of nitrogens with zero attached hydrogens (tertiary/aromatic N) is 1. The number of benzene rings is 1. The summed E-state index contributed by atoms with van der Waals surface area (Å²) < 4.78 is 0. The first kappa shape index (κ1) is 8.48. The molecule has 0 radical (unpaired) electrons. The topological polar surface area (TPSA) is 81.2 Å². The lowest BCUT2D eigenvalue weighted by Crippen LogP contribution is -2.09. The second-order valence-electron chi connectivity index (χ2n) is 2.37. The van der Waals surface area contributed by atoms with Gasteiger partial charge in [0.05, 0.1) is 4.92 Å². The van der Waals surface area contributed by atoms with Gasteiger partial charge in [-0.05, 0) is 13.0 Å². The van der Waals surface area contributed by atoms with Crippen molar-refractivity contribution < 1.29 is 4.92 Å². The maximum Gasteiger partial charge on any atom is 0.296 e. The van der Waals surface area contributed by atoms with Crippen LogP contribution < -0.4 is 11.3 Å². The monoisotopic (exact) mass is 167 g/mol. The van der Waals surface area contributed by atoms with Crippen LogP contribution in [0.4, 0.5) is 11.4 Å². The van der Waals surface area contributed by atoms with Gasteiger partial charge in [-0.25, -0.2) is 0 Å². The standard InChI is InChI=1S/C7H9N3O2/c1-5-3-2-4-6(9-8)7(5)10(11)12/h2-4,9H,8H2,1H3. The SMILES string of the molecule is Cc1cccc(NN)c1[N+](=O)[O-]. The summed E-state index contributed by atoms with van der Waals surface area (Å²) in [4.78, 5) is 10.1. The van der Waals surface area contributed by atoms with Crippen LogP contribution in [0.2, 0.25) is 0 Å². The van der Waals surface area contributed by atoms with Crippen molar-refractivity contribution in [3.05, 3.63) is 33.9 Å². The number of anilines is 1. The zero-order chi connectivity index (χ0) is 9.14. The number of nitrogens with one attached hydrogen (secondary N) is 1. The fraction of sp³-hybridized carbons (Fsp3) is 0.143. The van der Waals surface area contributed by atoms with E-state index in [1.165, 1.54) is 0 Å². The third-order valence-electron chi connectivity index (χ3n) is 1.58. The Balaban J connectivity index is 3.29. The van der Waals surface area contributed by atoms with Crippen LogP contribution in [0.3, 0.4) is 0 Å². The lowest BCUT2D eigenvalue weighted by molar-refractivity contribution is -0.384. The van der Waals surface area contributed by atoms with Gasteiger partial charge in [0.25, 0.3) is 5.69 Å². The highest BCUT2D eigenvalue weighted by Crippen LogP contribution is 2.26. The lowest BCUT2D eigenvalue weighted by Gasteiger charge is -2.02. The number of aryl methyl sites for hydroxylation is 1. The van der Waals surface area contributed by atoms with Crippen molar-refractivity contribution in [3.8, 4) is 0 Å². The van der Waals surface area contributed by atoms with E-state index < -0.39 is 4.92 Å². The molecule has 0 atom stereocenters. The molecule has 0 bridgehead atoms. The fourth-order valence-corrected chi connectivity index (χ4v) is 1.02. The van der Waals surface area contributed by atoms with Crippen LogP contribution in [0, 0.1) is 17.0 Å². The highest BCUT2D eigenvalue weighted by molar-refractivity contribution is 5.64. The number of para-hydroxylation sites is 1. The first-order valence-electron chi connectivity index (χ1n) is 3.37. The van der Waals surface area contributed by atoms with E-state index in [0.29, 0.717) is 11.3 Å². The zero-order valence-electron chi connectivity index (χ0n) is 6.57. The molecule has 0 aliphatic heterocycles. The molecule has 64 valence electrons. The van der Waals surface area contributed by atoms with Gasteiger partial charge in [0.2, 0.25) is 0 Å². The number of rotatable bonds is 2. The van der Waals surface area contributed by atoms with Gasteiger partial charge in [0, 0.05) is 5.56 Å². The van der Waals surface area contributed by atoms with Crippen molar-refractivity contribution in [1.82, 2.24) is 0 Å².